The zero-order valence-electron chi connectivity index (χ0n) is 32.7. The molecule has 280 valence electrons. The summed E-state index contributed by atoms with van der Waals surface area (Å²) in [7, 11) is 0. The fraction of sp³-hybridized carbons (Fsp3) is 0.115. The molecule has 0 saturated carbocycles. The summed E-state index contributed by atoms with van der Waals surface area (Å²) in [4.78, 5) is 0. The zero-order chi connectivity index (χ0) is 39.3. The van der Waals surface area contributed by atoms with Crippen molar-refractivity contribution in [1.29, 1.82) is 0 Å². The summed E-state index contributed by atoms with van der Waals surface area (Å²) < 4.78 is 8.42. The molecule has 8 rings (SSSR count). The van der Waals surface area contributed by atoms with Gasteiger partial charge in [-0.2, -0.15) is 0 Å². The third-order valence-corrected chi connectivity index (χ3v) is 9.81. The molecule has 0 bridgehead atoms. The van der Waals surface area contributed by atoms with Gasteiger partial charge in [-0.1, -0.05) is 161 Å². The van der Waals surface area contributed by atoms with E-state index < -0.39 is 0 Å². The van der Waals surface area contributed by atoms with Crippen molar-refractivity contribution in [2.45, 2.75) is 39.7 Å². The Morgan fingerprint density at radius 2 is 1.50 bits per heavy atom. The van der Waals surface area contributed by atoms with Crippen molar-refractivity contribution in [3.8, 4) is 28.0 Å². The lowest BCUT2D eigenvalue weighted by atomic mass is 9.95. The highest BCUT2D eigenvalue weighted by atomic mass is 16.5. The normalized spacial score (nSPS) is 14.8. The molecule has 0 radical (unpaired) electrons. The van der Waals surface area contributed by atoms with Crippen LogP contribution in [0.1, 0.15) is 61.2 Å². The number of rotatable bonds is 8. The van der Waals surface area contributed by atoms with Gasteiger partial charge in [0, 0.05) is 27.9 Å². The monoisotopic (exact) mass is 733 g/mol. The smallest absolute Gasteiger partial charge is 0.142 e. The van der Waals surface area contributed by atoms with Crippen LogP contribution in [0.5, 0.6) is 5.75 Å². The number of hydrazine groups is 1. The first-order valence-electron chi connectivity index (χ1n) is 19.4. The molecule has 0 fully saturated rings. The molecule has 1 aliphatic heterocycles. The van der Waals surface area contributed by atoms with Crippen LogP contribution in [0.3, 0.4) is 0 Å². The van der Waals surface area contributed by atoms with Crippen molar-refractivity contribution in [2.75, 3.05) is 0 Å². The van der Waals surface area contributed by atoms with Crippen molar-refractivity contribution in [3.63, 3.8) is 0 Å². The second-order valence-electron chi connectivity index (χ2n) is 13.2. The molecule has 6 aromatic rings. The van der Waals surface area contributed by atoms with E-state index in [1.165, 1.54) is 33.3 Å². The van der Waals surface area contributed by atoms with Gasteiger partial charge < -0.3 is 9.30 Å². The first-order chi connectivity index (χ1) is 27.6. The molecule has 2 aliphatic rings. The van der Waals surface area contributed by atoms with Gasteiger partial charge in [-0.05, 0) is 101 Å². The molecule has 1 unspecified atom stereocenters. The van der Waals surface area contributed by atoms with E-state index in [1.807, 2.05) is 69.3 Å². The van der Waals surface area contributed by atoms with Crippen LogP contribution >= 0.6 is 0 Å². The lowest BCUT2D eigenvalue weighted by Crippen LogP contribution is -2.28. The summed E-state index contributed by atoms with van der Waals surface area (Å²) in [5, 5.41) is 1.28. The number of aromatic nitrogens is 1. The third-order valence-electron chi connectivity index (χ3n) is 9.81. The van der Waals surface area contributed by atoms with E-state index in [2.05, 4.69) is 151 Å². The van der Waals surface area contributed by atoms with Crippen LogP contribution < -0.4 is 16.0 Å². The van der Waals surface area contributed by atoms with Crippen molar-refractivity contribution in [2.24, 2.45) is 5.84 Å². The van der Waals surface area contributed by atoms with Crippen LogP contribution in [0.4, 0.5) is 0 Å². The lowest BCUT2D eigenvalue weighted by molar-refractivity contribution is 0.481. The highest BCUT2D eigenvalue weighted by Crippen LogP contribution is 2.41. The first kappa shape index (κ1) is 39.2. The number of nitrogens with one attached hydrogen (secondary N) is 1. The van der Waals surface area contributed by atoms with E-state index >= 15 is 0 Å². The molecule has 0 amide bonds. The van der Waals surface area contributed by atoms with Crippen LogP contribution in [0.15, 0.2) is 189 Å². The Morgan fingerprint density at radius 1 is 0.786 bits per heavy atom. The molecule has 1 atom stereocenters. The topological polar surface area (TPSA) is 52.2 Å². The number of para-hydroxylation sites is 1. The summed E-state index contributed by atoms with van der Waals surface area (Å²) >= 11 is 0. The number of nitrogens with two attached hydrogens (primary N) is 1. The molecule has 4 heteroatoms. The van der Waals surface area contributed by atoms with Crippen molar-refractivity contribution in [1.82, 2.24) is 9.99 Å². The van der Waals surface area contributed by atoms with Crippen LogP contribution in [-0.4, -0.2) is 4.57 Å². The fourth-order valence-corrected chi connectivity index (χ4v) is 7.29. The summed E-state index contributed by atoms with van der Waals surface area (Å²) in [6, 6.07) is 42.1. The molecule has 1 aromatic heterocycles. The molecule has 4 nitrogen and oxygen atoms in total. The summed E-state index contributed by atoms with van der Waals surface area (Å²) in [6.07, 6.45) is 22.3. The van der Waals surface area contributed by atoms with E-state index in [0.717, 1.165) is 57.7 Å². The SMILES string of the molecule is C=C/C=C(\C=CC)n1c2c(c3cc(-c4cccc5c4O/C=C\C=C/C5=C)ccc31)CCC=C2.CC.NNC(c1ccccc1)c1cccc(-c2ccccc2)c1. The maximum absolute atomic E-state index is 6.08. The molecule has 1 aliphatic carbocycles. The summed E-state index contributed by atoms with van der Waals surface area (Å²) in [6.45, 7) is 14.2. The van der Waals surface area contributed by atoms with E-state index in [-0.39, 0.29) is 6.04 Å². The van der Waals surface area contributed by atoms with Crippen molar-refractivity contribution >= 4 is 28.2 Å². The lowest BCUT2D eigenvalue weighted by Gasteiger charge is -2.17. The number of hydrogen-bond acceptors (Lipinski definition) is 3. The van der Waals surface area contributed by atoms with Crippen LogP contribution in [0.2, 0.25) is 0 Å². The molecule has 3 N–H and O–H groups in total. The molecule has 5 aromatic carbocycles. The van der Waals surface area contributed by atoms with Gasteiger partial charge in [-0.25, -0.2) is 5.43 Å². The first-order valence-corrected chi connectivity index (χ1v) is 19.4. The molecule has 2 heterocycles. The van der Waals surface area contributed by atoms with Gasteiger partial charge in [-0.15, -0.1) is 0 Å². The maximum Gasteiger partial charge on any atom is 0.142 e. The highest BCUT2D eigenvalue weighted by Gasteiger charge is 2.21. The Kier molecular flexibility index (Phi) is 13.5. The molecule has 0 saturated heterocycles. The molecular weight excluding hydrogens is 683 g/mol. The minimum absolute atomic E-state index is 0.00476. The number of benzene rings is 5. The minimum Gasteiger partial charge on any atom is -0.464 e. The van der Waals surface area contributed by atoms with Gasteiger partial charge in [0.25, 0.3) is 0 Å². The Morgan fingerprint density at radius 3 is 2.25 bits per heavy atom. The third kappa shape index (κ3) is 8.58. The second-order valence-corrected chi connectivity index (χ2v) is 13.2. The Labute approximate surface area is 332 Å². The number of hydrogen-bond donors (Lipinski definition) is 2. The van der Waals surface area contributed by atoms with E-state index in [9.17, 15) is 0 Å². The number of fused-ring (bicyclic) bond motifs is 4. The van der Waals surface area contributed by atoms with Gasteiger partial charge in [0.05, 0.1) is 17.8 Å². The maximum atomic E-state index is 6.08. The van der Waals surface area contributed by atoms with E-state index in [4.69, 9.17) is 10.6 Å². The predicted molar refractivity (Wildman–Crippen MR) is 241 cm³/mol. The zero-order valence-corrected chi connectivity index (χ0v) is 32.7. The molecule has 56 heavy (non-hydrogen) atoms. The predicted octanol–water partition coefficient (Wildman–Crippen LogP) is 13.3. The quantitative estimate of drug-likeness (QED) is 0.0930. The fourth-order valence-electron chi connectivity index (χ4n) is 7.29. The number of ether oxygens (including phenoxy) is 1. The number of aryl methyl sites for hydroxylation is 1. The van der Waals surface area contributed by atoms with Gasteiger partial charge >= 0.3 is 0 Å². The largest absolute Gasteiger partial charge is 0.464 e. The molecular formula is C52H51N3O. The van der Waals surface area contributed by atoms with Crippen LogP contribution in [0, 0.1) is 0 Å². The average molecular weight is 734 g/mol. The summed E-state index contributed by atoms with van der Waals surface area (Å²) in [5.41, 5.74) is 16.8. The number of allylic oxidation sites excluding steroid dienone is 10. The standard InChI is InChI=1S/C31H27NO.C19H18N2.C2H6/c1-4-11-24(12-5-2)32-29-17-7-6-14-27(29)28-21-23(18-19-30(28)32)26-16-10-15-25-22(3)13-8-9-20-33-31(25)26;20-21-19(16-10-5-2-6-11-16)18-13-7-12-17(14-18)15-8-3-1-4-9-15;1-2/h4-5,7-13,15-21H,1,3,6,14H2,2H3;1-14,19,21H,20H2;1-2H3/b12-5?,13-8-,20-9-,24-11+;;. The van der Waals surface area contributed by atoms with Crippen LogP contribution in [-0.2, 0) is 6.42 Å². The minimum atomic E-state index is -0.00476. The average Bonchev–Trinajstić information content (AvgIpc) is 3.58. The van der Waals surface area contributed by atoms with E-state index in [0.29, 0.717) is 0 Å². The van der Waals surface area contributed by atoms with Crippen LogP contribution in [0.25, 0.3) is 50.5 Å². The number of nitrogens with zero attached hydrogens (tertiary/aromatic N) is 1. The van der Waals surface area contributed by atoms with Gasteiger partial charge in [0.15, 0.2) is 0 Å². The Bertz CT molecular complexity index is 2440. The van der Waals surface area contributed by atoms with Crippen molar-refractivity contribution in [3.05, 3.63) is 217 Å². The van der Waals surface area contributed by atoms with Crippen molar-refractivity contribution < 1.29 is 4.74 Å². The Hall–Kier alpha value is -6.46. The van der Waals surface area contributed by atoms with Gasteiger partial charge in [0.1, 0.15) is 5.75 Å². The summed E-state index contributed by atoms with van der Waals surface area (Å²) in [5.74, 6) is 6.62. The highest BCUT2D eigenvalue weighted by molar-refractivity contribution is 5.96. The van der Waals surface area contributed by atoms with Gasteiger partial charge in [0.2, 0.25) is 0 Å². The molecule has 0 spiro atoms. The second kappa shape index (κ2) is 19.2. The van der Waals surface area contributed by atoms with E-state index in [1.54, 1.807) is 6.26 Å². The Balaban J connectivity index is 0.000000199. The van der Waals surface area contributed by atoms with Gasteiger partial charge in [-0.3, -0.25) is 5.84 Å².